The first kappa shape index (κ1) is 31.3. The lowest BCUT2D eigenvalue weighted by Crippen LogP contribution is -2.43. The Morgan fingerprint density at radius 1 is 0.976 bits per heavy atom. The maximum absolute atomic E-state index is 12.9. The van der Waals surface area contributed by atoms with E-state index in [1.165, 1.54) is 16.9 Å². The van der Waals surface area contributed by atoms with E-state index in [4.69, 9.17) is 4.98 Å². The van der Waals surface area contributed by atoms with Crippen LogP contribution in [0.4, 0.5) is 5.13 Å². The van der Waals surface area contributed by atoms with Gasteiger partial charge < -0.3 is 4.90 Å². The van der Waals surface area contributed by atoms with Crippen molar-refractivity contribution in [3.8, 4) is 22.4 Å². The number of carbonyl (C=O) groups excluding carboxylic acids is 1. The predicted octanol–water partition coefficient (Wildman–Crippen LogP) is 7.46. The predicted molar refractivity (Wildman–Crippen MR) is 179 cm³/mol. The fraction of sp³-hybridized carbons (Fsp3) is 0.471. The summed E-state index contributed by atoms with van der Waals surface area (Å²) in [5.41, 5.74) is 6.00. The van der Waals surface area contributed by atoms with Crippen LogP contribution in [0.15, 0.2) is 47.8 Å². The van der Waals surface area contributed by atoms with Crippen LogP contribution >= 0.6 is 21.4 Å². The first-order valence-corrected chi connectivity index (χ1v) is 17.4. The molecule has 4 rings (SSSR count). The van der Waals surface area contributed by atoms with Crippen LogP contribution < -0.4 is 5.32 Å². The molecular weight excluding hydrogens is 545 g/mol. The highest BCUT2D eigenvalue weighted by Crippen LogP contribution is 2.59. The van der Waals surface area contributed by atoms with Gasteiger partial charge in [-0.3, -0.25) is 15.0 Å². The summed E-state index contributed by atoms with van der Waals surface area (Å²) in [4.78, 5) is 22.5. The molecule has 1 aromatic heterocycles. The van der Waals surface area contributed by atoms with Gasteiger partial charge in [0.15, 0.2) is 5.13 Å². The van der Waals surface area contributed by atoms with Crippen molar-refractivity contribution in [3.63, 3.8) is 0 Å². The van der Waals surface area contributed by atoms with E-state index in [9.17, 15) is 4.79 Å². The van der Waals surface area contributed by atoms with Crippen LogP contribution in [-0.2, 0) is 6.54 Å². The monoisotopic (exact) mass is 590 g/mol. The molecule has 0 radical (unpaired) electrons. The summed E-state index contributed by atoms with van der Waals surface area (Å²) in [6, 6.07) is 14.3. The van der Waals surface area contributed by atoms with Crippen LogP contribution in [-0.4, -0.2) is 69.7 Å². The van der Waals surface area contributed by atoms with Crippen molar-refractivity contribution in [2.24, 2.45) is 0 Å². The normalized spacial score (nSPS) is 15.3. The van der Waals surface area contributed by atoms with E-state index in [0.717, 1.165) is 55.1 Å². The van der Waals surface area contributed by atoms with Crippen molar-refractivity contribution in [1.29, 1.82) is 0 Å². The summed E-state index contributed by atoms with van der Waals surface area (Å²) in [5, 5.41) is 11.0. The second-order valence-corrected chi connectivity index (χ2v) is 17.3. The molecule has 1 amide bonds. The van der Waals surface area contributed by atoms with E-state index in [0.29, 0.717) is 26.4 Å². The zero-order chi connectivity index (χ0) is 29.7. The summed E-state index contributed by atoms with van der Waals surface area (Å²) in [6.45, 7) is 21.3. The van der Waals surface area contributed by atoms with Crippen molar-refractivity contribution >= 4 is 32.4 Å². The third kappa shape index (κ3) is 7.42. The van der Waals surface area contributed by atoms with Gasteiger partial charge in [0, 0.05) is 54.8 Å². The van der Waals surface area contributed by atoms with Gasteiger partial charge in [0.2, 0.25) is 0 Å². The number of anilines is 1. The molecule has 1 aliphatic rings. The highest BCUT2D eigenvalue weighted by molar-refractivity contribution is 8.38. The number of hydrogen-bond acceptors (Lipinski definition) is 5. The largest absolute Gasteiger partial charge is 0.304 e. The average molecular weight is 591 g/mol. The Balaban J connectivity index is 1.41. The number of hydrogen-bond donors (Lipinski definition) is 1. The zero-order valence-electron chi connectivity index (χ0n) is 26.0. The minimum atomic E-state index is -1.08. The van der Waals surface area contributed by atoms with E-state index in [2.05, 4.69) is 112 Å². The number of aromatic nitrogens is 1. The molecule has 0 spiro atoms. The van der Waals surface area contributed by atoms with Crippen molar-refractivity contribution in [2.75, 3.05) is 38.5 Å². The molecule has 5 nitrogen and oxygen atoms in total. The van der Waals surface area contributed by atoms with Crippen molar-refractivity contribution < 1.29 is 4.79 Å². The minimum Gasteiger partial charge on any atom is -0.304 e. The van der Waals surface area contributed by atoms with E-state index in [1.54, 1.807) is 0 Å². The van der Waals surface area contributed by atoms with Crippen LogP contribution in [0.2, 0.25) is 0 Å². The van der Waals surface area contributed by atoms with Gasteiger partial charge in [-0.2, -0.15) is 10.0 Å². The molecule has 1 aliphatic heterocycles. The third-order valence-corrected chi connectivity index (χ3v) is 14.1. The number of thiazole rings is 1. The molecule has 1 saturated heterocycles. The number of aryl methyl sites for hydroxylation is 1. The molecule has 0 bridgehead atoms. The number of carbonyl (C=O) groups is 1. The summed E-state index contributed by atoms with van der Waals surface area (Å²) in [5.74, 6) is 3.43. The fourth-order valence-corrected chi connectivity index (χ4v) is 10.7. The molecule has 7 heteroatoms. The Kier molecular flexibility index (Phi) is 10.4. The lowest BCUT2D eigenvalue weighted by Gasteiger charge is -2.46. The molecule has 0 saturated carbocycles. The smallest absolute Gasteiger partial charge is 0.257 e. The molecule has 0 atom stereocenters. The van der Waals surface area contributed by atoms with E-state index in [-0.39, 0.29) is 5.91 Å². The van der Waals surface area contributed by atoms with E-state index in [1.807, 2.05) is 17.5 Å². The van der Waals surface area contributed by atoms with Crippen molar-refractivity contribution in [3.05, 3.63) is 70.1 Å². The Morgan fingerprint density at radius 2 is 1.61 bits per heavy atom. The maximum atomic E-state index is 12.9. The van der Waals surface area contributed by atoms with E-state index < -0.39 is 10.0 Å². The molecule has 1 fully saturated rings. The molecule has 2 heterocycles. The average Bonchev–Trinajstić information content (AvgIpc) is 3.39. The van der Waals surface area contributed by atoms with Gasteiger partial charge in [0.05, 0.1) is 5.69 Å². The second kappa shape index (κ2) is 13.6. The standard InChI is InChI=1S/C34H46N4OS2/c1-24(2)41(25(3)4,26(5)6)20-15-29-13-14-31(21-27(29)7)32-23-40-34(35-32)36-33(39)30-11-9-28(10-12-30)22-38-18-16-37(8)17-19-38/h9-14,21,23-26H,16-19,22H2,1-8H3,(H,35,36,39). The maximum Gasteiger partial charge on any atom is 0.257 e. The first-order chi connectivity index (χ1) is 19.5. The van der Waals surface area contributed by atoms with Crippen LogP contribution in [0.25, 0.3) is 11.3 Å². The Morgan fingerprint density at radius 3 is 2.20 bits per heavy atom. The van der Waals surface area contributed by atoms with Gasteiger partial charge in [0.25, 0.3) is 5.91 Å². The number of piperazine rings is 1. The topological polar surface area (TPSA) is 48.5 Å². The van der Waals surface area contributed by atoms with Gasteiger partial charge in [-0.15, -0.1) is 11.3 Å². The first-order valence-electron chi connectivity index (χ1n) is 14.7. The zero-order valence-corrected chi connectivity index (χ0v) is 27.6. The molecular formula is C34H46N4OS2. The summed E-state index contributed by atoms with van der Waals surface area (Å²) < 4.78 is 0. The third-order valence-electron chi connectivity index (χ3n) is 8.17. The van der Waals surface area contributed by atoms with Crippen LogP contribution in [0, 0.1) is 18.1 Å². The molecule has 2 aromatic carbocycles. The highest BCUT2D eigenvalue weighted by Gasteiger charge is 2.33. The van der Waals surface area contributed by atoms with Crippen molar-refractivity contribution in [1.82, 2.24) is 14.8 Å². The molecule has 1 N–H and O–H groups in total. The molecule has 3 aromatic rings. The van der Waals surface area contributed by atoms with Gasteiger partial charge >= 0.3 is 0 Å². The molecule has 0 aliphatic carbocycles. The van der Waals surface area contributed by atoms with Crippen LogP contribution in [0.3, 0.4) is 0 Å². The number of likely N-dealkylation sites (N-methyl/N-ethyl adjacent to an activating group) is 1. The SMILES string of the molecule is Cc1cc(-c2csc(NC(=O)c3ccc(CN4CCN(C)CC4)cc3)n2)ccc1C#CS(C(C)C)(C(C)C)C(C)C. The Labute approximate surface area is 253 Å². The number of nitrogens with one attached hydrogen (secondary N) is 1. The number of nitrogens with zero attached hydrogens (tertiary/aromatic N) is 3. The lowest BCUT2D eigenvalue weighted by molar-refractivity contribution is 0.102. The number of benzene rings is 2. The van der Waals surface area contributed by atoms with Gasteiger partial charge in [-0.05, 0) is 70.4 Å². The summed E-state index contributed by atoms with van der Waals surface area (Å²) >= 11 is 1.45. The van der Waals surface area contributed by atoms with Crippen molar-refractivity contribution in [2.45, 2.75) is 70.8 Å². The Hall–Kier alpha value is -2.63. The summed E-state index contributed by atoms with van der Waals surface area (Å²) in [6.07, 6.45) is 0. The number of rotatable bonds is 8. The molecule has 220 valence electrons. The van der Waals surface area contributed by atoms with Crippen LogP contribution in [0.5, 0.6) is 0 Å². The van der Waals surface area contributed by atoms with Gasteiger partial charge in [0.1, 0.15) is 0 Å². The minimum absolute atomic E-state index is 0.134. The molecule has 41 heavy (non-hydrogen) atoms. The quantitative estimate of drug-likeness (QED) is 0.277. The highest BCUT2D eigenvalue weighted by atomic mass is 32.3. The number of amides is 1. The second-order valence-electron chi connectivity index (χ2n) is 11.9. The van der Waals surface area contributed by atoms with Gasteiger partial charge in [-0.1, -0.05) is 65.7 Å². The summed E-state index contributed by atoms with van der Waals surface area (Å²) in [7, 11) is 1.09. The van der Waals surface area contributed by atoms with E-state index >= 15 is 0 Å². The molecule has 0 unspecified atom stereocenters. The van der Waals surface area contributed by atoms with Crippen LogP contribution in [0.1, 0.15) is 68.6 Å². The van der Waals surface area contributed by atoms with Gasteiger partial charge in [-0.25, -0.2) is 4.98 Å². The Bertz CT molecular complexity index is 1370. The fourth-order valence-electron chi connectivity index (χ4n) is 5.75. The lowest BCUT2D eigenvalue weighted by atomic mass is 10.0.